The summed E-state index contributed by atoms with van der Waals surface area (Å²) in [5, 5.41) is 0. The van der Waals surface area contributed by atoms with Crippen molar-refractivity contribution in [2.75, 3.05) is 7.11 Å². The van der Waals surface area contributed by atoms with Gasteiger partial charge in [-0.3, -0.25) is 4.79 Å². The van der Waals surface area contributed by atoms with Crippen LogP contribution in [0.5, 0.6) is 0 Å². The van der Waals surface area contributed by atoms with Gasteiger partial charge in [0.25, 0.3) is 0 Å². The van der Waals surface area contributed by atoms with Gasteiger partial charge in [-0.15, -0.1) is 0 Å². The van der Waals surface area contributed by atoms with Crippen LogP contribution in [0.25, 0.3) is 0 Å². The lowest BCUT2D eigenvalue weighted by Gasteiger charge is -2.62. The molecule has 0 saturated heterocycles. The van der Waals surface area contributed by atoms with Crippen LogP contribution in [-0.2, 0) is 9.53 Å². The van der Waals surface area contributed by atoms with Crippen LogP contribution < -0.4 is 0 Å². The van der Waals surface area contributed by atoms with E-state index in [-0.39, 0.29) is 11.4 Å². The molecule has 4 saturated carbocycles. The van der Waals surface area contributed by atoms with E-state index in [0.29, 0.717) is 17.3 Å². The Morgan fingerprint density at radius 3 is 2.42 bits per heavy atom. The molecular weight excluding hydrogens is 236 g/mol. The maximum Gasteiger partial charge on any atom is 0.311 e. The highest BCUT2D eigenvalue weighted by molar-refractivity contribution is 5.77. The molecule has 0 aromatic carbocycles. The summed E-state index contributed by atoms with van der Waals surface area (Å²) in [7, 11) is 1.55. The van der Waals surface area contributed by atoms with Crippen LogP contribution in [0.4, 0.5) is 0 Å². The molecule has 106 valence electrons. The first kappa shape index (κ1) is 13.2. The smallest absolute Gasteiger partial charge is 0.311 e. The second kappa shape index (κ2) is 4.36. The lowest BCUT2D eigenvalue weighted by atomic mass is 9.41. The molecule has 4 rings (SSSR count). The van der Waals surface area contributed by atoms with Crippen LogP contribution in [0.3, 0.4) is 0 Å². The molecule has 0 aliphatic heterocycles. The summed E-state index contributed by atoms with van der Waals surface area (Å²) in [4.78, 5) is 12.3. The Morgan fingerprint density at radius 1 is 1.26 bits per heavy atom. The third-order valence-electron chi connectivity index (χ3n) is 6.28. The Bertz CT molecular complexity index is 393. The Hall–Kier alpha value is -0.790. The molecule has 0 amide bonds. The zero-order valence-electron chi connectivity index (χ0n) is 12.4. The molecule has 4 aliphatic carbocycles. The van der Waals surface area contributed by atoms with Crippen molar-refractivity contribution < 1.29 is 9.53 Å². The van der Waals surface area contributed by atoms with Crippen molar-refractivity contribution in [2.24, 2.45) is 28.6 Å². The van der Waals surface area contributed by atoms with Crippen LogP contribution in [0.15, 0.2) is 12.2 Å². The topological polar surface area (TPSA) is 26.3 Å². The lowest BCUT2D eigenvalue weighted by Crippen LogP contribution is -2.57. The highest BCUT2D eigenvalue weighted by Crippen LogP contribution is 2.67. The lowest BCUT2D eigenvalue weighted by molar-refractivity contribution is -0.180. The Balaban J connectivity index is 1.91. The van der Waals surface area contributed by atoms with Crippen molar-refractivity contribution in [1.82, 2.24) is 0 Å². The van der Waals surface area contributed by atoms with Gasteiger partial charge in [0.1, 0.15) is 0 Å². The van der Waals surface area contributed by atoms with Crippen LogP contribution >= 0.6 is 0 Å². The molecule has 0 radical (unpaired) electrons. The summed E-state index contributed by atoms with van der Waals surface area (Å²) < 4.78 is 5.13. The fraction of sp³-hybridized carbons (Fsp3) is 0.824. The maximum absolute atomic E-state index is 12.3. The average Bonchev–Trinajstić information content (AvgIpc) is 2.41. The predicted octanol–water partition coefficient (Wildman–Crippen LogP) is 3.96. The van der Waals surface area contributed by atoms with Gasteiger partial charge in [-0.1, -0.05) is 26.0 Å². The third-order valence-corrected chi connectivity index (χ3v) is 6.28. The molecule has 4 aliphatic rings. The largest absolute Gasteiger partial charge is 0.469 e. The van der Waals surface area contributed by atoms with E-state index in [9.17, 15) is 4.79 Å². The van der Waals surface area contributed by atoms with Crippen molar-refractivity contribution in [3.8, 4) is 0 Å². The minimum Gasteiger partial charge on any atom is -0.469 e. The molecule has 0 spiro atoms. The van der Waals surface area contributed by atoms with Gasteiger partial charge >= 0.3 is 5.97 Å². The molecule has 0 N–H and O–H groups in total. The minimum absolute atomic E-state index is 0.0634. The Kier molecular flexibility index (Phi) is 3.03. The maximum atomic E-state index is 12.3. The van der Waals surface area contributed by atoms with Crippen molar-refractivity contribution in [2.45, 2.75) is 52.4 Å². The van der Waals surface area contributed by atoms with Gasteiger partial charge in [0.15, 0.2) is 0 Å². The van der Waals surface area contributed by atoms with E-state index in [0.717, 1.165) is 31.6 Å². The van der Waals surface area contributed by atoms with Crippen LogP contribution in [0, 0.1) is 28.6 Å². The van der Waals surface area contributed by atoms with Gasteiger partial charge in [-0.05, 0) is 61.7 Å². The Labute approximate surface area is 116 Å². The zero-order valence-corrected chi connectivity index (χ0v) is 12.4. The van der Waals surface area contributed by atoms with Gasteiger partial charge in [0, 0.05) is 0 Å². The number of methoxy groups -OCH3 is 1. The van der Waals surface area contributed by atoms with E-state index in [1.54, 1.807) is 7.11 Å². The van der Waals surface area contributed by atoms with Crippen molar-refractivity contribution in [3.05, 3.63) is 12.2 Å². The van der Waals surface area contributed by atoms with Crippen molar-refractivity contribution >= 4 is 5.97 Å². The van der Waals surface area contributed by atoms with Crippen LogP contribution in [-0.4, -0.2) is 13.1 Å². The molecule has 2 heteroatoms. The first-order valence-electron chi connectivity index (χ1n) is 7.80. The first-order valence-corrected chi connectivity index (χ1v) is 7.80. The van der Waals surface area contributed by atoms with E-state index in [2.05, 4.69) is 26.0 Å². The minimum atomic E-state index is -0.134. The first-order chi connectivity index (χ1) is 9.04. The predicted molar refractivity (Wildman–Crippen MR) is 75.5 cm³/mol. The molecule has 2 nitrogen and oxygen atoms in total. The Morgan fingerprint density at radius 2 is 1.89 bits per heavy atom. The number of carbonyl (C=O) groups excluding carboxylic acids is 1. The monoisotopic (exact) mass is 262 g/mol. The molecule has 2 unspecified atom stereocenters. The van der Waals surface area contributed by atoms with Gasteiger partial charge in [0.2, 0.25) is 0 Å². The average molecular weight is 262 g/mol. The SMILES string of the molecule is CC/C=C\C1(C)C2CC3CC1CC(C(=O)OC)(C3)C2. The molecule has 2 atom stereocenters. The number of esters is 1. The van der Waals surface area contributed by atoms with Crippen LogP contribution in [0.1, 0.15) is 52.4 Å². The summed E-state index contributed by atoms with van der Waals surface area (Å²) in [6.45, 7) is 4.63. The number of carbonyl (C=O) groups is 1. The molecule has 19 heavy (non-hydrogen) atoms. The molecular formula is C17H26O2. The van der Waals surface area contributed by atoms with E-state index in [1.165, 1.54) is 12.8 Å². The number of hydrogen-bond acceptors (Lipinski definition) is 2. The standard InChI is InChI=1S/C17H26O2/c1-4-5-6-16(2)13-7-12-8-14(16)11-17(9-12,10-13)15(18)19-3/h5-6,12-14H,4,7-11H2,1-3H3/b6-5-. The van der Waals surface area contributed by atoms with Gasteiger partial charge in [0.05, 0.1) is 12.5 Å². The normalized spacial score (nSPS) is 47.8. The van der Waals surface area contributed by atoms with E-state index < -0.39 is 0 Å². The fourth-order valence-corrected chi connectivity index (χ4v) is 5.37. The zero-order chi connectivity index (χ0) is 13.7. The van der Waals surface area contributed by atoms with Crippen LogP contribution in [0.2, 0.25) is 0 Å². The summed E-state index contributed by atoms with van der Waals surface area (Å²) in [6, 6.07) is 0. The second-order valence-electron chi connectivity index (χ2n) is 7.29. The number of hydrogen-bond donors (Lipinski definition) is 0. The van der Waals surface area contributed by atoms with E-state index in [1.807, 2.05) is 0 Å². The number of allylic oxidation sites excluding steroid dienone is 2. The fourth-order valence-electron chi connectivity index (χ4n) is 5.37. The quantitative estimate of drug-likeness (QED) is 0.568. The highest BCUT2D eigenvalue weighted by Gasteiger charge is 2.62. The third kappa shape index (κ3) is 1.79. The van der Waals surface area contributed by atoms with Crippen molar-refractivity contribution in [1.29, 1.82) is 0 Å². The number of rotatable bonds is 3. The molecule has 0 heterocycles. The molecule has 4 fully saturated rings. The van der Waals surface area contributed by atoms with Crippen molar-refractivity contribution in [3.63, 3.8) is 0 Å². The molecule has 0 aromatic rings. The van der Waals surface area contributed by atoms with Gasteiger partial charge < -0.3 is 4.74 Å². The highest BCUT2D eigenvalue weighted by atomic mass is 16.5. The van der Waals surface area contributed by atoms with E-state index >= 15 is 0 Å². The van der Waals surface area contributed by atoms with Gasteiger partial charge in [-0.2, -0.15) is 0 Å². The number of ether oxygens (including phenoxy) is 1. The second-order valence-corrected chi connectivity index (χ2v) is 7.29. The summed E-state index contributed by atoms with van der Waals surface area (Å²) >= 11 is 0. The van der Waals surface area contributed by atoms with Gasteiger partial charge in [-0.25, -0.2) is 0 Å². The molecule has 4 bridgehead atoms. The van der Waals surface area contributed by atoms with E-state index in [4.69, 9.17) is 4.74 Å². The summed E-state index contributed by atoms with van der Waals surface area (Å²) in [6.07, 6.45) is 11.7. The summed E-state index contributed by atoms with van der Waals surface area (Å²) in [5.74, 6) is 2.19. The summed E-state index contributed by atoms with van der Waals surface area (Å²) in [5.41, 5.74) is 0.190. The molecule has 0 aromatic heterocycles.